The minimum Gasteiger partial charge on any atom is -0.445 e. The molecule has 12 heteroatoms. The Morgan fingerprint density at radius 3 is 2.62 bits per heavy atom. The van der Waals surface area contributed by atoms with Crippen LogP contribution in [-0.4, -0.2) is 47.3 Å². The molecule has 1 aromatic carbocycles. The molecule has 12 nitrogen and oxygen atoms in total. The molecule has 0 fully saturated rings. The number of ether oxygens (including phenoxy) is 1. The molecular formula is C20H23N7O5. The molecule has 1 amide bonds. The lowest BCUT2D eigenvalue weighted by Crippen LogP contribution is -2.42. The van der Waals surface area contributed by atoms with Gasteiger partial charge in [0.15, 0.2) is 11.6 Å². The molecule has 2 heterocycles. The molecular weight excluding hydrogens is 418 g/mol. The molecule has 0 spiro atoms. The number of aromatic nitrogens is 6. The van der Waals surface area contributed by atoms with Gasteiger partial charge in [0, 0.05) is 19.3 Å². The molecule has 0 aliphatic heterocycles. The Bertz CT molecular complexity index is 1200. The third kappa shape index (κ3) is 5.53. The van der Waals surface area contributed by atoms with Crippen molar-refractivity contribution in [3.8, 4) is 0 Å². The smallest absolute Gasteiger partial charge is 0.408 e. The molecule has 1 unspecified atom stereocenters. The average Bonchev–Trinajstić information content (AvgIpc) is 3.23. The van der Waals surface area contributed by atoms with E-state index >= 15 is 0 Å². The Labute approximate surface area is 182 Å². The van der Waals surface area contributed by atoms with Gasteiger partial charge < -0.3 is 14.6 Å². The number of hydrogen-bond acceptors (Lipinski definition) is 8. The number of hydrogen-bond donors (Lipinski definition) is 1. The van der Waals surface area contributed by atoms with Gasteiger partial charge in [0.25, 0.3) is 5.56 Å². The Kier molecular flexibility index (Phi) is 7.26. The minimum atomic E-state index is -0.817. The molecule has 0 saturated heterocycles. The molecule has 2 aromatic heterocycles. The molecule has 32 heavy (non-hydrogen) atoms. The van der Waals surface area contributed by atoms with E-state index < -0.39 is 23.4 Å². The number of benzene rings is 1. The summed E-state index contributed by atoms with van der Waals surface area (Å²) in [4.78, 5) is 49.1. The zero-order valence-electron chi connectivity index (χ0n) is 17.7. The maximum atomic E-state index is 12.7. The SMILES string of the molecule is CCC(NC(=O)OCc1ccccc1)C(=O)Cn1nnnc1Cn1c(=O)ccn(C)c1=O. The van der Waals surface area contributed by atoms with Crippen LogP contribution in [0.15, 0.2) is 52.2 Å². The van der Waals surface area contributed by atoms with Gasteiger partial charge in [-0.2, -0.15) is 0 Å². The Hall–Kier alpha value is -4.09. The second-order valence-corrected chi connectivity index (χ2v) is 7.02. The third-order valence-corrected chi connectivity index (χ3v) is 4.75. The summed E-state index contributed by atoms with van der Waals surface area (Å²) in [6.07, 6.45) is 0.975. The number of tetrazole rings is 1. The number of ketones is 1. The molecule has 1 N–H and O–H groups in total. The van der Waals surface area contributed by atoms with Gasteiger partial charge in [-0.1, -0.05) is 37.3 Å². The first-order chi connectivity index (χ1) is 15.4. The van der Waals surface area contributed by atoms with Crippen LogP contribution in [0, 0.1) is 0 Å². The average molecular weight is 441 g/mol. The standard InChI is InChI=1S/C20H23N7O5/c1-3-15(21-19(30)32-13-14-7-5-4-6-8-14)16(28)11-27-17(22-23-24-27)12-26-18(29)9-10-25(2)20(26)31/h4-10,15H,3,11-13H2,1-2H3,(H,21,30). The number of aryl methyl sites for hydroxylation is 1. The summed E-state index contributed by atoms with van der Waals surface area (Å²) in [5.41, 5.74) is -0.224. The molecule has 1 atom stereocenters. The lowest BCUT2D eigenvalue weighted by Gasteiger charge is -2.16. The summed E-state index contributed by atoms with van der Waals surface area (Å²) >= 11 is 0. The van der Waals surface area contributed by atoms with Gasteiger partial charge in [-0.3, -0.25) is 14.2 Å². The van der Waals surface area contributed by atoms with Crippen LogP contribution in [0.3, 0.4) is 0 Å². The van der Waals surface area contributed by atoms with E-state index in [-0.39, 0.29) is 31.3 Å². The molecule has 0 aliphatic carbocycles. The highest BCUT2D eigenvalue weighted by atomic mass is 16.5. The predicted octanol–water partition coefficient (Wildman–Crippen LogP) is -0.144. The lowest BCUT2D eigenvalue weighted by atomic mass is 10.1. The normalized spacial score (nSPS) is 11.7. The topological polar surface area (TPSA) is 143 Å². The van der Waals surface area contributed by atoms with Crippen LogP contribution in [0.1, 0.15) is 24.7 Å². The number of carbonyl (C=O) groups is 2. The maximum Gasteiger partial charge on any atom is 0.408 e. The zero-order chi connectivity index (χ0) is 23.1. The van der Waals surface area contributed by atoms with Crippen LogP contribution in [-0.2, 0) is 36.3 Å². The first-order valence-electron chi connectivity index (χ1n) is 9.90. The van der Waals surface area contributed by atoms with Gasteiger partial charge in [-0.25, -0.2) is 14.3 Å². The zero-order valence-corrected chi connectivity index (χ0v) is 17.7. The van der Waals surface area contributed by atoms with Crippen molar-refractivity contribution < 1.29 is 14.3 Å². The lowest BCUT2D eigenvalue weighted by molar-refractivity contribution is -0.121. The van der Waals surface area contributed by atoms with Crippen molar-refractivity contribution in [2.24, 2.45) is 7.05 Å². The Morgan fingerprint density at radius 2 is 1.91 bits per heavy atom. The number of nitrogens with zero attached hydrogens (tertiary/aromatic N) is 6. The maximum absolute atomic E-state index is 12.7. The summed E-state index contributed by atoms with van der Waals surface area (Å²) in [5, 5.41) is 13.7. The highest BCUT2D eigenvalue weighted by Gasteiger charge is 2.22. The number of amides is 1. The largest absolute Gasteiger partial charge is 0.445 e. The fourth-order valence-electron chi connectivity index (χ4n) is 2.94. The fraction of sp³-hybridized carbons (Fsp3) is 0.350. The van der Waals surface area contributed by atoms with Crippen LogP contribution in [0.2, 0.25) is 0 Å². The van der Waals surface area contributed by atoms with E-state index in [1.807, 2.05) is 30.3 Å². The quantitative estimate of drug-likeness (QED) is 0.483. The van der Waals surface area contributed by atoms with Gasteiger partial charge in [0.1, 0.15) is 13.2 Å². The highest BCUT2D eigenvalue weighted by molar-refractivity contribution is 5.87. The number of alkyl carbamates (subject to hydrolysis) is 1. The summed E-state index contributed by atoms with van der Waals surface area (Å²) in [6.45, 7) is 1.38. The number of rotatable bonds is 9. The Morgan fingerprint density at radius 1 is 1.16 bits per heavy atom. The van der Waals surface area contributed by atoms with E-state index in [9.17, 15) is 19.2 Å². The second-order valence-electron chi connectivity index (χ2n) is 7.02. The fourth-order valence-corrected chi connectivity index (χ4v) is 2.94. The molecule has 0 saturated carbocycles. The van der Waals surface area contributed by atoms with Crippen LogP contribution < -0.4 is 16.6 Å². The van der Waals surface area contributed by atoms with Gasteiger partial charge in [0.2, 0.25) is 0 Å². The van der Waals surface area contributed by atoms with Gasteiger partial charge in [-0.05, 0) is 22.4 Å². The molecule has 0 bridgehead atoms. The number of nitrogens with one attached hydrogen (secondary N) is 1. The van der Waals surface area contributed by atoms with Crippen LogP contribution in [0.25, 0.3) is 0 Å². The molecule has 3 aromatic rings. The molecule has 3 rings (SSSR count). The van der Waals surface area contributed by atoms with E-state index in [0.717, 1.165) is 10.1 Å². The minimum absolute atomic E-state index is 0.0786. The van der Waals surface area contributed by atoms with Crippen LogP contribution in [0.4, 0.5) is 4.79 Å². The van der Waals surface area contributed by atoms with E-state index in [0.29, 0.717) is 6.42 Å². The van der Waals surface area contributed by atoms with E-state index in [1.54, 1.807) is 6.92 Å². The van der Waals surface area contributed by atoms with Crippen LogP contribution >= 0.6 is 0 Å². The van der Waals surface area contributed by atoms with Crippen molar-refractivity contribution >= 4 is 11.9 Å². The van der Waals surface area contributed by atoms with Crippen LogP contribution in [0.5, 0.6) is 0 Å². The molecule has 0 aliphatic rings. The third-order valence-electron chi connectivity index (χ3n) is 4.75. The van der Waals surface area contributed by atoms with Crippen molar-refractivity contribution in [2.75, 3.05) is 0 Å². The summed E-state index contributed by atoms with van der Waals surface area (Å²) in [5.74, 6) is -0.198. The van der Waals surface area contributed by atoms with E-state index in [4.69, 9.17) is 4.74 Å². The monoisotopic (exact) mass is 441 g/mol. The van der Waals surface area contributed by atoms with Crippen molar-refractivity contribution in [2.45, 2.75) is 39.1 Å². The highest BCUT2D eigenvalue weighted by Crippen LogP contribution is 2.03. The molecule has 0 radical (unpaired) electrons. The Balaban J connectivity index is 1.63. The second kappa shape index (κ2) is 10.3. The van der Waals surface area contributed by atoms with E-state index in [2.05, 4.69) is 20.8 Å². The predicted molar refractivity (Wildman–Crippen MR) is 112 cm³/mol. The van der Waals surface area contributed by atoms with Gasteiger partial charge >= 0.3 is 11.8 Å². The summed E-state index contributed by atoms with van der Waals surface area (Å²) < 4.78 is 8.57. The van der Waals surface area contributed by atoms with Gasteiger partial charge in [0.05, 0.1) is 12.6 Å². The molecule has 168 valence electrons. The first kappa shape index (κ1) is 22.6. The first-order valence-corrected chi connectivity index (χ1v) is 9.90. The number of Topliss-reactive ketones (excluding diaryl/α,β-unsaturated/α-hetero) is 1. The van der Waals surface area contributed by atoms with Crippen molar-refractivity contribution in [1.82, 2.24) is 34.7 Å². The summed E-state index contributed by atoms with van der Waals surface area (Å²) in [7, 11) is 1.51. The van der Waals surface area contributed by atoms with Crippen molar-refractivity contribution in [3.63, 3.8) is 0 Å². The van der Waals surface area contributed by atoms with Crippen molar-refractivity contribution in [1.29, 1.82) is 0 Å². The van der Waals surface area contributed by atoms with E-state index in [1.165, 1.54) is 28.6 Å². The van der Waals surface area contributed by atoms with Crippen molar-refractivity contribution in [3.05, 3.63) is 74.8 Å². The summed E-state index contributed by atoms with van der Waals surface area (Å²) in [6, 6.07) is 9.59. The number of carbonyl (C=O) groups excluding carboxylic acids is 2. The van der Waals surface area contributed by atoms with Gasteiger partial charge in [-0.15, -0.1) is 5.10 Å².